The van der Waals surface area contributed by atoms with Crippen LogP contribution in [0.4, 0.5) is 8.78 Å². The van der Waals surface area contributed by atoms with Crippen LogP contribution < -0.4 is 5.73 Å². The van der Waals surface area contributed by atoms with Gasteiger partial charge >= 0.3 is 0 Å². The van der Waals surface area contributed by atoms with Crippen molar-refractivity contribution in [2.24, 2.45) is 23.5 Å². The van der Waals surface area contributed by atoms with Gasteiger partial charge in [0.1, 0.15) is 11.6 Å². The Bertz CT molecular complexity index is 440. The van der Waals surface area contributed by atoms with Gasteiger partial charge in [0.2, 0.25) is 0 Å². The molecule has 1 fully saturated rings. The fourth-order valence-electron chi connectivity index (χ4n) is 3.02. The number of halogens is 3. The molecule has 1 aromatic carbocycles. The lowest BCUT2D eigenvalue weighted by Gasteiger charge is -2.35. The maximum atomic E-state index is 13.9. The molecule has 0 bridgehead atoms. The Morgan fingerprint density at radius 3 is 2.26 bits per heavy atom. The van der Waals surface area contributed by atoms with E-state index in [1.807, 2.05) is 0 Å². The fraction of sp³-hybridized carbons (Fsp3) is 0.600. The second-order valence-corrected chi connectivity index (χ2v) is 6.75. The van der Waals surface area contributed by atoms with Crippen molar-refractivity contribution < 1.29 is 8.78 Å². The summed E-state index contributed by atoms with van der Waals surface area (Å²) in [6, 6.07) is 2.02. The first kappa shape index (κ1) is 14.9. The van der Waals surface area contributed by atoms with Gasteiger partial charge in [-0.2, -0.15) is 0 Å². The monoisotopic (exact) mass is 331 g/mol. The fourth-order valence-corrected chi connectivity index (χ4v) is 3.42. The zero-order valence-corrected chi connectivity index (χ0v) is 12.9. The van der Waals surface area contributed by atoms with E-state index in [0.29, 0.717) is 16.3 Å². The van der Waals surface area contributed by atoms with Gasteiger partial charge in [-0.1, -0.05) is 36.2 Å². The first-order valence-electron chi connectivity index (χ1n) is 6.80. The van der Waals surface area contributed by atoms with Crippen LogP contribution in [0.1, 0.15) is 44.7 Å². The molecule has 0 aliphatic heterocycles. The summed E-state index contributed by atoms with van der Waals surface area (Å²) < 4.78 is 28.3. The van der Waals surface area contributed by atoms with Crippen molar-refractivity contribution in [1.82, 2.24) is 0 Å². The molecular weight excluding hydrogens is 312 g/mol. The summed E-state index contributed by atoms with van der Waals surface area (Å²) in [6.07, 6.45) is 2.97. The Morgan fingerprint density at radius 1 is 1.16 bits per heavy atom. The quantitative estimate of drug-likeness (QED) is 0.827. The summed E-state index contributed by atoms with van der Waals surface area (Å²) in [5.41, 5.74) is 6.17. The molecule has 2 N–H and O–H groups in total. The van der Waals surface area contributed by atoms with Gasteiger partial charge in [-0.3, -0.25) is 0 Å². The molecule has 0 saturated heterocycles. The maximum absolute atomic E-state index is 13.9. The first-order chi connectivity index (χ1) is 8.90. The van der Waals surface area contributed by atoms with E-state index in [9.17, 15) is 8.78 Å². The molecule has 0 amide bonds. The highest BCUT2D eigenvalue weighted by atomic mass is 79.9. The van der Waals surface area contributed by atoms with Gasteiger partial charge in [0.25, 0.3) is 0 Å². The molecule has 1 aromatic rings. The molecule has 2 rings (SSSR count). The van der Waals surface area contributed by atoms with E-state index in [1.165, 1.54) is 12.1 Å². The lowest BCUT2D eigenvalue weighted by atomic mass is 9.72. The van der Waals surface area contributed by atoms with Crippen LogP contribution in [0.5, 0.6) is 0 Å². The third kappa shape index (κ3) is 3.16. The predicted octanol–water partition coefficient (Wildman–Crippen LogP) is 4.80. The van der Waals surface area contributed by atoms with E-state index in [0.717, 1.165) is 19.3 Å². The average molecular weight is 332 g/mol. The zero-order valence-electron chi connectivity index (χ0n) is 11.3. The molecule has 4 heteroatoms. The summed E-state index contributed by atoms with van der Waals surface area (Å²) in [6.45, 7) is 4.42. The lowest BCUT2D eigenvalue weighted by Crippen LogP contribution is -2.30. The molecule has 106 valence electrons. The lowest BCUT2D eigenvalue weighted by molar-refractivity contribution is 0.183. The molecule has 0 radical (unpaired) electrons. The smallest absolute Gasteiger partial charge is 0.132 e. The minimum atomic E-state index is -0.553. The van der Waals surface area contributed by atoms with Crippen molar-refractivity contribution in [1.29, 1.82) is 0 Å². The SMILES string of the molecule is CC1CCC(C(N)c2c(F)cc(Br)cc2F)CC1C. The molecule has 4 atom stereocenters. The van der Waals surface area contributed by atoms with Crippen molar-refractivity contribution in [2.75, 3.05) is 0 Å². The summed E-state index contributed by atoms with van der Waals surface area (Å²) in [7, 11) is 0. The van der Waals surface area contributed by atoms with Crippen LogP contribution in [-0.4, -0.2) is 0 Å². The number of hydrogen-bond donors (Lipinski definition) is 1. The summed E-state index contributed by atoms with van der Waals surface area (Å²) in [5, 5.41) is 0. The van der Waals surface area contributed by atoms with Crippen LogP contribution in [0, 0.1) is 29.4 Å². The van der Waals surface area contributed by atoms with Crippen LogP contribution in [0.25, 0.3) is 0 Å². The van der Waals surface area contributed by atoms with Crippen molar-refractivity contribution >= 4 is 15.9 Å². The van der Waals surface area contributed by atoms with Crippen molar-refractivity contribution in [3.05, 3.63) is 33.8 Å². The minimum Gasteiger partial charge on any atom is -0.324 e. The van der Waals surface area contributed by atoms with E-state index >= 15 is 0 Å². The van der Waals surface area contributed by atoms with Gasteiger partial charge in [0, 0.05) is 16.1 Å². The molecule has 0 spiro atoms. The summed E-state index contributed by atoms with van der Waals surface area (Å²) >= 11 is 3.09. The number of nitrogens with two attached hydrogens (primary N) is 1. The Balaban J connectivity index is 2.23. The highest BCUT2D eigenvalue weighted by Gasteiger charge is 2.31. The number of benzene rings is 1. The van der Waals surface area contributed by atoms with E-state index in [2.05, 4.69) is 29.8 Å². The molecule has 19 heavy (non-hydrogen) atoms. The Morgan fingerprint density at radius 2 is 1.74 bits per heavy atom. The standard InChI is InChI=1S/C15H20BrF2N/c1-8-3-4-10(5-9(8)2)15(19)14-12(17)6-11(16)7-13(14)18/h6-10,15H,3-5,19H2,1-2H3. The molecule has 4 unspecified atom stereocenters. The van der Waals surface area contributed by atoms with E-state index < -0.39 is 17.7 Å². The zero-order chi connectivity index (χ0) is 14.2. The van der Waals surface area contributed by atoms with Crippen molar-refractivity contribution in [3.8, 4) is 0 Å². The summed E-state index contributed by atoms with van der Waals surface area (Å²) in [5.74, 6) is 0.294. The van der Waals surface area contributed by atoms with Gasteiger partial charge in [0.05, 0.1) is 0 Å². The number of hydrogen-bond acceptors (Lipinski definition) is 1. The second kappa shape index (κ2) is 5.88. The summed E-state index contributed by atoms with van der Waals surface area (Å²) in [4.78, 5) is 0. The highest BCUT2D eigenvalue weighted by Crippen LogP contribution is 2.40. The first-order valence-corrected chi connectivity index (χ1v) is 7.59. The van der Waals surface area contributed by atoms with Gasteiger partial charge < -0.3 is 5.73 Å². The molecule has 1 saturated carbocycles. The molecule has 1 nitrogen and oxygen atoms in total. The van der Waals surface area contributed by atoms with E-state index in [4.69, 9.17) is 5.73 Å². The van der Waals surface area contributed by atoms with Crippen molar-refractivity contribution in [2.45, 2.75) is 39.2 Å². The molecule has 1 aliphatic carbocycles. The van der Waals surface area contributed by atoms with E-state index in [-0.39, 0.29) is 11.5 Å². The molecule has 0 heterocycles. The Kier molecular flexibility index (Phi) is 4.62. The largest absolute Gasteiger partial charge is 0.324 e. The van der Waals surface area contributed by atoms with Gasteiger partial charge in [-0.15, -0.1) is 0 Å². The van der Waals surface area contributed by atoms with Gasteiger partial charge in [0.15, 0.2) is 0 Å². The van der Waals surface area contributed by atoms with Crippen LogP contribution >= 0.6 is 15.9 Å². The van der Waals surface area contributed by atoms with Gasteiger partial charge in [-0.25, -0.2) is 8.78 Å². The topological polar surface area (TPSA) is 26.0 Å². The van der Waals surface area contributed by atoms with Crippen molar-refractivity contribution in [3.63, 3.8) is 0 Å². The Hall–Kier alpha value is -0.480. The van der Waals surface area contributed by atoms with Crippen LogP contribution in [0.15, 0.2) is 16.6 Å². The van der Waals surface area contributed by atoms with Crippen LogP contribution in [0.3, 0.4) is 0 Å². The second-order valence-electron chi connectivity index (χ2n) is 5.84. The van der Waals surface area contributed by atoms with Crippen LogP contribution in [-0.2, 0) is 0 Å². The highest BCUT2D eigenvalue weighted by molar-refractivity contribution is 9.10. The van der Waals surface area contributed by atoms with E-state index in [1.54, 1.807) is 0 Å². The third-order valence-corrected chi connectivity index (χ3v) is 4.98. The molecular formula is C15H20BrF2N. The predicted molar refractivity (Wildman–Crippen MR) is 76.7 cm³/mol. The molecule has 1 aliphatic rings. The van der Waals surface area contributed by atoms with Gasteiger partial charge in [-0.05, 0) is 42.7 Å². The maximum Gasteiger partial charge on any atom is 0.132 e. The Labute approximate surface area is 121 Å². The number of rotatable bonds is 2. The average Bonchev–Trinajstić information content (AvgIpc) is 2.31. The molecule has 0 aromatic heterocycles. The third-order valence-electron chi connectivity index (χ3n) is 4.52. The van der Waals surface area contributed by atoms with Crippen LogP contribution in [0.2, 0.25) is 0 Å². The normalized spacial score (nSPS) is 29.3. The minimum absolute atomic E-state index is 0.0370.